The first-order chi connectivity index (χ1) is 9.87. The predicted octanol–water partition coefficient (Wildman–Crippen LogP) is 2.25. The summed E-state index contributed by atoms with van der Waals surface area (Å²) in [6.45, 7) is 3.20. The molecule has 0 aliphatic carbocycles. The Morgan fingerprint density at radius 1 is 1.43 bits per heavy atom. The van der Waals surface area contributed by atoms with Gasteiger partial charge >= 0.3 is 0 Å². The highest BCUT2D eigenvalue weighted by Gasteiger charge is 2.30. The van der Waals surface area contributed by atoms with Crippen LogP contribution in [0.15, 0.2) is 17.0 Å². The summed E-state index contributed by atoms with van der Waals surface area (Å²) in [4.78, 5) is 0.0446. The SMILES string of the molecule is CC1CN(S(=O)(=O)c2ccc(Cl)c(CN)c2Cl)CCCO1. The summed E-state index contributed by atoms with van der Waals surface area (Å²) in [5.74, 6) is 0. The van der Waals surface area contributed by atoms with E-state index in [0.29, 0.717) is 36.7 Å². The Labute approximate surface area is 135 Å². The van der Waals surface area contributed by atoms with Crippen LogP contribution in [0.5, 0.6) is 0 Å². The van der Waals surface area contributed by atoms with Crippen LogP contribution in [0, 0.1) is 0 Å². The number of ether oxygens (including phenoxy) is 1. The maximum atomic E-state index is 12.8. The van der Waals surface area contributed by atoms with E-state index >= 15 is 0 Å². The largest absolute Gasteiger partial charge is 0.377 e. The van der Waals surface area contributed by atoms with Gasteiger partial charge in [0.15, 0.2) is 0 Å². The second-order valence-corrected chi connectivity index (χ2v) is 7.63. The molecule has 5 nitrogen and oxygen atoms in total. The Morgan fingerprint density at radius 3 is 2.81 bits per heavy atom. The van der Waals surface area contributed by atoms with Gasteiger partial charge in [0.25, 0.3) is 0 Å². The summed E-state index contributed by atoms with van der Waals surface area (Å²) >= 11 is 12.2. The van der Waals surface area contributed by atoms with Crippen molar-refractivity contribution < 1.29 is 13.2 Å². The molecular formula is C13H18Cl2N2O3S. The maximum Gasteiger partial charge on any atom is 0.244 e. The zero-order valence-electron chi connectivity index (χ0n) is 11.7. The maximum absolute atomic E-state index is 12.8. The average molecular weight is 353 g/mol. The molecule has 0 bridgehead atoms. The first kappa shape index (κ1) is 17.0. The number of benzene rings is 1. The summed E-state index contributed by atoms with van der Waals surface area (Å²) in [6.07, 6.45) is 0.501. The highest BCUT2D eigenvalue weighted by Crippen LogP contribution is 2.32. The molecule has 0 aromatic heterocycles. The molecule has 21 heavy (non-hydrogen) atoms. The van der Waals surface area contributed by atoms with Crippen LogP contribution in [-0.2, 0) is 21.3 Å². The first-order valence-electron chi connectivity index (χ1n) is 6.66. The van der Waals surface area contributed by atoms with E-state index in [1.807, 2.05) is 6.92 Å². The highest BCUT2D eigenvalue weighted by atomic mass is 35.5. The van der Waals surface area contributed by atoms with Crippen molar-refractivity contribution in [1.82, 2.24) is 4.31 Å². The lowest BCUT2D eigenvalue weighted by Gasteiger charge is -2.23. The lowest BCUT2D eigenvalue weighted by atomic mass is 10.2. The van der Waals surface area contributed by atoms with E-state index < -0.39 is 10.0 Å². The summed E-state index contributed by atoms with van der Waals surface area (Å²) in [5, 5.41) is 0.469. The third-order valence-electron chi connectivity index (χ3n) is 3.39. The van der Waals surface area contributed by atoms with E-state index in [9.17, 15) is 8.42 Å². The van der Waals surface area contributed by atoms with Crippen LogP contribution < -0.4 is 5.73 Å². The molecular weight excluding hydrogens is 335 g/mol. The van der Waals surface area contributed by atoms with Crippen LogP contribution in [0.2, 0.25) is 10.0 Å². The van der Waals surface area contributed by atoms with E-state index in [1.165, 1.54) is 16.4 Å². The smallest absolute Gasteiger partial charge is 0.244 e. The zero-order valence-corrected chi connectivity index (χ0v) is 14.0. The molecule has 1 unspecified atom stereocenters. The van der Waals surface area contributed by atoms with Crippen molar-refractivity contribution in [1.29, 1.82) is 0 Å². The van der Waals surface area contributed by atoms with Gasteiger partial charge in [-0.05, 0) is 25.5 Å². The van der Waals surface area contributed by atoms with Crippen molar-refractivity contribution in [3.63, 3.8) is 0 Å². The van der Waals surface area contributed by atoms with Crippen LogP contribution in [0.25, 0.3) is 0 Å². The fraction of sp³-hybridized carbons (Fsp3) is 0.538. The molecule has 2 N–H and O–H groups in total. The van der Waals surface area contributed by atoms with Gasteiger partial charge < -0.3 is 10.5 Å². The number of sulfonamides is 1. The molecule has 1 atom stereocenters. The Morgan fingerprint density at radius 2 is 2.14 bits per heavy atom. The van der Waals surface area contributed by atoms with Gasteiger partial charge in [-0.15, -0.1) is 0 Å². The van der Waals surface area contributed by atoms with Crippen LogP contribution in [0.3, 0.4) is 0 Å². The summed E-state index contributed by atoms with van der Waals surface area (Å²) in [7, 11) is -3.69. The number of hydrogen-bond donors (Lipinski definition) is 1. The molecule has 0 amide bonds. The molecule has 0 spiro atoms. The molecule has 8 heteroatoms. The van der Waals surface area contributed by atoms with Crippen LogP contribution >= 0.6 is 23.2 Å². The molecule has 1 aliphatic heterocycles. The van der Waals surface area contributed by atoms with E-state index in [1.54, 1.807) is 0 Å². The van der Waals surface area contributed by atoms with Gasteiger partial charge in [0.05, 0.1) is 11.1 Å². The molecule has 1 aliphatic rings. The van der Waals surface area contributed by atoms with Gasteiger partial charge in [0, 0.05) is 36.8 Å². The number of halogens is 2. The summed E-state index contributed by atoms with van der Waals surface area (Å²) in [6, 6.07) is 2.94. The van der Waals surface area contributed by atoms with E-state index in [4.69, 9.17) is 33.7 Å². The minimum absolute atomic E-state index is 0.0446. The normalized spacial score (nSPS) is 21.2. The molecule has 0 radical (unpaired) electrons. The Bertz CT molecular complexity index is 622. The fourth-order valence-electron chi connectivity index (χ4n) is 2.28. The second kappa shape index (κ2) is 6.81. The predicted molar refractivity (Wildman–Crippen MR) is 83.1 cm³/mol. The van der Waals surface area contributed by atoms with Crippen molar-refractivity contribution in [2.24, 2.45) is 5.73 Å². The van der Waals surface area contributed by atoms with Crippen molar-refractivity contribution in [3.8, 4) is 0 Å². The van der Waals surface area contributed by atoms with Gasteiger partial charge in [0.2, 0.25) is 10.0 Å². The molecule has 118 valence electrons. The number of nitrogens with zero attached hydrogens (tertiary/aromatic N) is 1. The van der Waals surface area contributed by atoms with Crippen molar-refractivity contribution >= 4 is 33.2 Å². The molecule has 1 aromatic rings. The molecule has 2 rings (SSSR count). The second-order valence-electron chi connectivity index (χ2n) is 4.94. The number of hydrogen-bond acceptors (Lipinski definition) is 4. The molecule has 1 heterocycles. The first-order valence-corrected chi connectivity index (χ1v) is 8.86. The minimum atomic E-state index is -3.69. The lowest BCUT2D eigenvalue weighted by molar-refractivity contribution is 0.0752. The topological polar surface area (TPSA) is 72.6 Å². The number of rotatable bonds is 3. The van der Waals surface area contributed by atoms with Gasteiger partial charge in [-0.3, -0.25) is 0 Å². The third-order valence-corrected chi connectivity index (χ3v) is 6.19. The molecule has 1 aromatic carbocycles. The average Bonchev–Trinajstić information content (AvgIpc) is 2.64. The van der Waals surface area contributed by atoms with E-state index in [-0.39, 0.29) is 22.6 Å². The minimum Gasteiger partial charge on any atom is -0.377 e. The summed E-state index contributed by atoms with van der Waals surface area (Å²) in [5.41, 5.74) is 6.03. The van der Waals surface area contributed by atoms with Gasteiger partial charge in [-0.1, -0.05) is 23.2 Å². The van der Waals surface area contributed by atoms with Crippen LogP contribution in [0.1, 0.15) is 18.9 Å². The standard InChI is InChI=1S/C13H18Cl2N2O3S/c1-9-8-17(5-2-6-20-9)21(18,19)12-4-3-11(14)10(7-16)13(12)15/h3-4,9H,2,5-8,16H2,1H3. The monoisotopic (exact) mass is 352 g/mol. The van der Waals surface area contributed by atoms with Gasteiger partial charge in [-0.2, -0.15) is 4.31 Å². The van der Waals surface area contributed by atoms with Crippen molar-refractivity contribution in [3.05, 3.63) is 27.7 Å². The Balaban J connectivity index is 2.44. The van der Waals surface area contributed by atoms with Gasteiger partial charge in [0.1, 0.15) is 4.90 Å². The quantitative estimate of drug-likeness (QED) is 0.905. The molecule has 1 saturated heterocycles. The van der Waals surface area contributed by atoms with E-state index in [0.717, 1.165) is 0 Å². The highest BCUT2D eigenvalue weighted by molar-refractivity contribution is 7.89. The van der Waals surface area contributed by atoms with Crippen LogP contribution in [-0.4, -0.2) is 38.5 Å². The van der Waals surface area contributed by atoms with Crippen LogP contribution in [0.4, 0.5) is 0 Å². The third kappa shape index (κ3) is 3.52. The Hall–Kier alpha value is -0.370. The van der Waals surface area contributed by atoms with Gasteiger partial charge in [-0.25, -0.2) is 8.42 Å². The van der Waals surface area contributed by atoms with Crippen molar-refractivity contribution in [2.45, 2.75) is 30.9 Å². The molecule has 1 fully saturated rings. The fourth-order valence-corrected chi connectivity index (χ4v) is 4.74. The summed E-state index contributed by atoms with van der Waals surface area (Å²) < 4.78 is 32.5. The molecule has 0 saturated carbocycles. The lowest BCUT2D eigenvalue weighted by Crippen LogP contribution is -2.36. The Kier molecular flexibility index (Phi) is 5.51. The van der Waals surface area contributed by atoms with Crippen molar-refractivity contribution in [2.75, 3.05) is 19.7 Å². The zero-order chi connectivity index (χ0) is 15.6. The number of nitrogens with two attached hydrogens (primary N) is 1. The van der Waals surface area contributed by atoms with E-state index in [2.05, 4.69) is 0 Å².